The van der Waals surface area contributed by atoms with Crippen LogP contribution >= 0.6 is 11.6 Å². The lowest BCUT2D eigenvalue weighted by Crippen LogP contribution is -2.22. The summed E-state index contributed by atoms with van der Waals surface area (Å²) in [6.07, 6.45) is 4.48. The third-order valence-corrected chi connectivity index (χ3v) is 6.67. The topological polar surface area (TPSA) is 64.1 Å². The van der Waals surface area contributed by atoms with Gasteiger partial charge in [0.25, 0.3) is 0 Å². The maximum absolute atomic E-state index is 6.23. The average Bonchev–Trinajstić information content (AvgIpc) is 2.91. The summed E-state index contributed by atoms with van der Waals surface area (Å²) in [4.78, 5) is 19.8. The minimum absolute atomic E-state index is 0.201. The van der Waals surface area contributed by atoms with Crippen LogP contribution in [0.1, 0.15) is 40.0 Å². The highest BCUT2D eigenvalue weighted by Gasteiger charge is 2.18. The fraction of sp³-hybridized carbons (Fsp3) is 0.333. The van der Waals surface area contributed by atoms with Crippen molar-refractivity contribution >= 4 is 40.2 Å². The Balaban J connectivity index is 1.80. The summed E-state index contributed by atoms with van der Waals surface area (Å²) in [5, 5.41) is 1.57. The maximum atomic E-state index is 6.23. The van der Waals surface area contributed by atoms with E-state index in [4.69, 9.17) is 31.3 Å². The molecule has 1 aliphatic carbocycles. The van der Waals surface area contributed by atoms with E-state index in [1.165, 1.54) is 0 Å². The number of benzene rings is 3. The van der Waals surface area contributed by atoms with Crippen molar-refractivity contribution in [1.29, 1.82) is 0 Å². The van der Waals surface area contributed by atoms with Crippen LogP contribution in [0.15, 0.2) is 75.6 Å². The Bertz CT molecular complexity index is 1480. The van der Waals surface area contributed by atoms with Crippen LogP contribution in [0, 0.1) is 0 Å². The van der Waals surface area contributed by atoms with E-state index < -0.39 is 0 Å². The molecular formula is C30H32ClN5O. The zero-order valence-corrected chi connectivity index (χ0v) is 22.3. The second-order valence-corrected chi connectivity index (χ2v) is 9.98. The van der Waals surface area contributed by atoms with Crippen molar-refractivity contribution in [3.05, 3.63) is 71.0 Å². The molecule has 0 radical (unpaired) electrons. The van der Waals surface area contributed by atoms with E-state index in [-0.39, 0.29) is 12.1 Å². The minimum Gasteiger partial charge on any atom is -0.381 e. The summed E-state index contributed by atoms with van der Waals surface area (Å²) < 4.78 is 7.81. The van der Waals surface area contributed by atoms with Crippen molar-refractivity contribution in [3.63, 3.8) is 0 Å². The first-order valence-electron chi connectivity index (χ1n) is 13.0. The first kappa shape index (κ1) is 25.3. The van der Waals surface area contributed by atoms with Gasteiger partial charge in [0.15, 0.2) is 0 Å². The fourth-order valence-electron chi connectivity index (χ4n) is 4.49. The van der Waals surface area contributed by atoms with Gasteiger partial charge in [-0.15, -0.1) is 0 Å². The number of hydrogen-bond donors (Lipinski definition) is 0. The van der Waals surface area contributed by atoms with Crippen LogP contribution in [0.25, 0.3) is 28.1 Å². The summed E-state index contributed by atoms with van der Waals surface area (Å²) in [5.74, 6) is 0. The first-order chi connectivity index (χ1) is 18.0. The monoisotopic (exact) mass is 513 g/mol. The van der Waals surface area contributed by atoms with Crippen molar-refractivity contribution in [2.75, 3.05) is 13.2 Å². The molecule has 2 aromatic carbocycles. The lowest BCUT2D eigenvalue weighted by Gasteiger charge is -2.21. The van der Waals surface area contributed by atoms with Crippen molar-refractivity contribution in [1.82, 2.24) is 9.55 Å². The van der Waals surface area contributed by atoms with E-state index in [0.29, 0.717) is 5.02 Å². The molecule has 0 unspecified atom stereocenters. The summed E-state index contributed by atoms with van der Waals surface area (Å²) in [6.45, 7) is 7.70. The standard InChI is InChI=1S/C30H32ClN5O/c1-4-22(19-32-20(2)3)33-26-17-28-30(18-27(26)34-23-13-15-37-16-14-23)36(24-11-9-21(31)10-12-24)29-8-6-5-7-25(29)35-28/h5-12,17-20,23H,4,13-16H2,1-3H3. The van der Waals surface area contributed by atoms with E-state index in [9.17, 15) is 0 Å². The minimum atomic E-state index is 0.201. The molecule has 1 fully saturated rings. The molecule has 0 atom stereocenters. The van der Waals surface area contributed by atoms with Gasteiger partial charge in [0.2, 0.25) is 0 Å². The molecule has 0 amide bonds. The number of halogens is 1. The highest BCUT2D eigenvalue weighted by atomic mass is 35.5. The average molecular weight is 514 g/mol. The van der Waals surface area contributed by atoms with Gasteiger partial charge in [0.05, 0.1) is 45.2 Å². The fourth-order valence-corrected chi connectivity index (χ4v) is 4.62. The smallest absolute Gasteiger partial charge is 0.0908 e. The Hall–Kier alpha value is -3.35. The van der Waals surface area contributed by atoms with Crippen LogP contribution in [0.4, 0.5) is 5.69 Å². The van der Waals surface area contributed by atoms with Gasteiger partial charge < -0.3 is 9.30 Å². The molecule has 0 N–H and O–H groups in total. The van der Waals surface area contributed by atoms with Crippen molar-refractivity contribution in [2.45, 2.75) is 52.1 Å². The molecule has 0 bridgehead atoms. The van der Waals surface area contributed by atoms with Crippen LogP contribution in [0.2, 0.25) is 5.02 Å². The highest BCUT2D eigenvalue weighted by Crippen LogP contribution is 2.31. The van der Waals surface area contributed by atoms with Gasteiger partial charge in [-0.3, -0.25) is 9.98 Å². The maximum Gasteiger partial charge on any atom is 0.0908 e. The number of aliphatic imine (C=N–C) groups is 2. The van der Waals surface area contributed by atoms with Crippen molar-refractivity contribution in [2.24, 2.45) is 15.0 Å². The van der Waals surface area contributed by atoms with E-state index in [1.807, 2.05) is 48.7 Å². The molecule has 7 heteroatoms. The van der Waals surface area contributed by atoms with Crippen LogP contribution in [-0.2, 0) is 4.74 Å². The molecule has 0 spiro atoms. The second-order valence-electron chi connectivity index (χ2n) is 9.54. The summed E-state index contributed by atoms with van der Waals surface area (Å²) in [5.41, 5.74) is 6.50. The Kier molecular flexibility index (Phi) is 7.77. The Morgan fingerprint density at radius 2 is 1.86 bits per heavy atom. The molecule has 6 nitrogen and oxygen atoms in total. The van der Waals surface area contributed by atoms with E-state index in [1.54, 1.807) is 0 Å². The number of para-hydroxylation sites is 2. The first-order valence-corrected chi connectivity index (χ1v) is 13.3. The number of hydrogen-bond acceptors (Lipinski definition) is 5. The molecule has 5 rings (SSSR count). The molecule has 37 heavy (non-hydrogen) atoms. The molecule has 1 saturated heterocycles. The lowest BCUT2D eigenvalue weighted by atomic mass is 10.1. The van der Waals surface area contributed by atoms with Gasteiger partial charge in [-0.05, 0) is 81.6 Å². The number of fused-ring (bicyclic) bond motifs is 2. The van der Waals surface area contributed by atoms with Crippen LogP contribution < -0.4 is 5.36 Å². The molecule has 2 heterocycles. The Morgan fingerprint density at radius 1 is 1.11 bits per heavy atom. The number of aromatic nitrogens is 2. The third kappa shape index (κ3) is 5.81. The number of rotatable bonds is 6. The third-order valence-electron chi connectivity index (χ3n) is 6.42. The number of nitrogens with zero attached hydrogens (tertiary/aromatic N) is 5. The Morgan fingerprint density at radius 3 is 2.59 bits per heavy atom. The van der Waals surface area contributed by atoms with Gasteiger partial charge in [-0.2, -0.15) is 0 Å². The zero-order chi connectivity index (χ0) is 25.8. The highest BCUT2D eigenvalue weighted by molar-refractivity contribution is 6.31. The molecular weight excluding hydrogens is 482 g/mol. The van der Waals surface area contributed by atoms with E-state index in [2.05, 4.69) is 48.5 Å². The van der Waals surface area contributed by atoms with Gasteiger partial charge in [0, 0.05) is 36.2 Å². The van der Waals surface area contributed by atoms with Gasteiger partial charge in [0.1, 0.15) is 0 Å². The SMILES string of the molecule is CCC(C=NC(C)C)=Nc1cc2nc3ccccc3n(-c3ccc(Cl)cc3)c-2cc1=NC1CCOCC1. The van der Waals surface area contributed by atoms with E-state index >= 15 is 0 Å². The summed E-state index contributed by atoms with van der Waals surface area (Å²) in [7, 11) is 0. The summed E-state index contributed by atoms with van der Waals surface area (Å²) >= 11 is 6.23. The quantitative estimate of drug-likeness (QED) is 0.209. The normalized spacial score (nSPS) is 16.0. The molecule has 0 saturated carbocycles. The molecule has 2 aromatic rings. The van der Waals surface area contributed by atoms with Gasteiger partial charge >= 0.3 is 0 Å². The van der Waals surface area contributed by atoms with E-state index in [0.717, 1.165) is 77.3 Å². The molecule has 2 aliphatic heterocycles. The van der Waals surface area contributed by atoms with Gasteiger partial charge in [-0.1, -0.05) is 30.7 Å². The largest absolute Gasteiger partial charge is 0.381 e. The van der Waals surface area contributed by atoms with Crippen molar-refractivity contribution in [3.8, 4) is 17.1 Å². The second kappa shape index (κ2) is 11.4. The summed E-state index contributed by atoms with van der Waals surface area (Å²) in [6, 6.07) is 20.7. The Labute approximate surface area is 222 Å². The molecule has 190 valence electrons. The predicted octanol–water partition coefficient (Wildman–Crippen LogP) is 6.83. The predicted molar refractivity (Wildman–Crippen MR) is 153 cm³/mol. The van der Waals surface area contributed by atoms with Crippen molar-refractivity contribution < 1.29 is 4.74 Å². The molecule has 3 aliphatic rings. The van der Waals surface area contributed by atoms with Crippen LogP contribution in [0.3, 0.4) is 0 Å². The number of ether oxygens (including phenoxy) is 1. The molecule has 0 aromatic heterocycles. The van der Waals surface area contributed by atoms with Crippen LogP contribution in [-0.4, -0.2) is 46.8 Å². The van der Waals surface area contributed by atoms with Gasteiger partial charge in [-0.25, -0.2) is 9.98 Å². The zero-order valence-electron chi connectivity index (χ0n) is 21.6. The lowest BCUT2D eigenvalue weighted by molar-refractivity contribution is 0.0864. The van der Waals surface area contributed by atoms with Crippen LogP contribution in [0.5, 0.6) is 0 Å².